The van der Waals surface area contributed by atoms with Crippen molar-refractivity contribution in [2.24, 2.45) is 4.99 Å². The largest absolute Gasteiger partial charge is 0.490 e. The molecule has 0 unspecified atom stereocenters. The van der Waals surface area contributed by atoms with Gasteiger partial charge < -0.3 is 14.3 Å². The van der Waals surface area contributed by atoms with E-state index in [-0.39, 0.29) is 29.0 Å². The van der Waals surface area contributed by atoms with Crippen LogP contribution in [-0.4, -0.2) is 27.8 Å². The van der Waals surface area contributed by atoms with Gasteiger partial charge in [0.2, 0.25) is 0 Å². The van der Waals surface area contributed by atoms with Crippen LogP contribution in [0.2, 0.25) is 0 Å². The topological polar surface area (TPSA) is 77.0 Å². The van der Waals surface area contributed by atoms with Crippen LogP contribution in [0.15, 0.2) is 33.8 Å². The summed E-state index contributed by atoms with van der Waals surface area (Å²) in [5.74, 6) is -0.429. The molecule has 0 spiro atoms. The molecule has 0 aliphatic heterocycles. The number of rotatable bonds is 7. The van der Waals surface area contributed by atoms with Crippen LogP contribution < -0.4 is 10.4 Å². The number of carbonyl (C=O) groups excluding carboxylic acids is 1. The molecule has 9 heteroatoms. The van der Waals surface area contributed by atoms with Crippen molar-refractivity contribution in [1.29, 1.82) is 0 Å². The van der Waals surface area contributed by atoms with Crippen LogP contribution >= 0.6 is 0 Å². The zero-order chi connectivity index (χ0) is 24.3. The highest BCUT2D eigenvalue weighted by atomic mass is 19.4. The fourth-order valence-electron chi connectivity index (χ4n) is 2.70. The van der Waals surface area contributed by atoms with Crippen molar-refractivity contribution in [2.75, 3.05) is 6.61 Å². The summed E-state index contributed by atoms with van der Waals surface area (Å²) in [6.45, 7) is 11.1. The van der Waals surface area contributed by atoms with E-state index in [9.17, 15) is 23.1 Å². The van der Waals surface area contributed by atoms with Gasteiger partial charge in [0.1, 0.15) is 18.1 Å². The Morgan fingerprint density at radius 1 is 1.19 bits per heavy atom. The normalized spacial score (nSPS) is 13.5. The molecule has 1 aromatic carbocycles. The highest BCUT2D eigenvalue weighted by Crippen LogP contribution is 2.33. The molecule has 1 amide bonds. The molecule has 0 saturated carbocycles. The van der Waals surface area contributed by atoms with Crippen molar-refractivity contribution in [2.45, 2.75) is 78.1 Å². The van der Waals surface area contributed by atoms with E-state index in [1.807, 2.05) is 27.7 Å². The molecule has 1 aromatic heterocycles. The Morgan fingerprint density at radius 3 is 2.38 bits per heavy atom. The molecule has 0 atom stereocenters. The van der Waals surface area contributed by atoms with Gasteiger partial charge in [-0.15, -0.1) is 0 Å². The summed E-state index contributed by atoms with van der Waals surface area (Å²) >= 11 is 0. The lowest BCUT2D eigenvalue weighted by atomic mass is 9.94. The second kappa shape index (κ2) is 9.52. The van der Waals surface area contributed by atoms with E-state index < -0.39 is 23.2 Å². The van der Waals surface area contributed by atoms with Gasteiger partial charge in [0.05, 0.1) is 16.7 Å². The third kappa shape index (κ3) is 6.98. The van der Waals surface area contributed by atoms with Gasteiger partial charge in [-0.05, 0) is 38.5 Å². The predicted octanol–water partition coefficient (Wildman–Crippen LogP) is 5.09. The smallest absolute Gasteiger partial charge is 0.416 e. The summed E-state index contributed by atoms with van der Waals surface area (Å²) in [5, 5.41) is 9.89. The molecule has 1 N–H and O–H groups in total. The van der Waals surface area contributed by atoms with Crippen molar-refractivity contribution >= 4 is 5.91 Å². The second-order valence-corrected chi connectivity index (χ2v) is 9.40. The summed E-state index contributed by atoms with van der Waals surface area (Å²) in [7, 11) is 0. The summed E-state index contributed by atoms with van der Waals surface area (Å²) in [6.07, 6.45) is -1.17. The molecule has 1 heterocycles. The van der Waals surface area contributed by atoms with E-state index in [1.165, 1.54) is 13.8 Å². The maximum absolute atomic E-state index is 13.3. The average molecular weight is 457 g/mol. The number of aryl methyl sites for hydroxylation is 1. The highest BCUT2D eigenvalue weighted by molar-refractivity contribution is 5.97. The van der Waals surface area contributed by atoms with Crippen LogP contribution in [0.1, 0.15) is 76.1 Å². The van der Waals surface area contributed by atoms with Crippen LogP contribution in [0.3, 0.4) is 0 Å². The number of aromatic nitrogens is 1. The van der Waals surface area contributed by atoms with Gasteiger partial charge in [-0.1, -0.05) is 34.1 Å². The van der Waals surface area contributed by atoms with Gasteiger partial charge in [0.15, 0.2) is 0 Å². The molecule has 6 nitrogen and oxygen atoms in total. The summed E-state index contributed by atoms with van der Waals surface area (Å²) in [5.41, 5.74) is -2.94. The van der Waals surface area contributed by atoms with Gasteiger partial charge in [0, 0.05) is 18.2 Å². The Hall–Kier alpha value is -2.55. The number of ether oxygens (including phenoxy) is 1. The molecule has 2 rings (SSSR count). The van der Waals surface area contributed by atoms with E-state index in [1.54, 1.807) is 10.8 Å². The van der Waals surface area contributed by atoms with Gasteiger partial charge >= 0.3 is 11.9 Å². The number of aliphatic hydroxyl groups is 1. The first-order valence-corrected chi connectivity index (χ1v) is 10.5. The third-order valence-electron chi connectivity index (χ3n) is 4.53. The lowest BCUT2D eigenvalue weighted by Gasteiger charge is -2.19. The van der Waals surface area contributed by atoms with Crippen LogP contribution in [0.25, 0.3) is 0 Å². The minimum Gasteiger partial charge on any atom is -0.490 e. The SMILES string of the molecule is CCCCn1cc(C(C)(C)C)oc1=NC(=O)c1cc(C(F)(F)F)ccc1OCC(C)(C)O. The van der Waals surface area contributed by atoms with E-state index in [0.29, 0.717) is 18.4 Å². The van der Waals surface area contributed by atoms with Gasteiger partial charge in [-0.2, -0.15) is 18.2 Å². The number of alkyl halides is 3. The molecule has 32 heavy (non-hydrogen) atoms. The first-order chi connectivity index (χ1) is 14.6. The molecule has 178 valence electrons. The van der Waals surface area contributed by atoms with Gasteiger partial charge in [-0.25, -0.2) is 0 Å². The molecule has 2 aromatic rings. The van der Waals surface area contributed by atoms with Crippen LogP contribution in [-0.2, 0) is 18.1 Å². The quantitative estimate of drug-likeness (QED) is 0.630. The van der Waals surface area contributed by atoms with E-state index in [0.717, 1.165) is 25.0 Å². The molecule has 0 radical (unpaired) electrons. The molecular formula is C23H31F3N2O4. The Balaban J connectivity index is 2.57. The van der Waals surface area contributed by atoms with E-state index in [4.69, 9.17) is 9.15 Å². The number of halogens is 3. The van der Waals surface area contributed by atoms with Crippen LogP contribution in [0, 0.1) is 0 Å². The van der Waals surface area contributed by atoms with Crippen molar-refractivity contribution in [1.82, 2.24) is 4.57 Å². The zero-order valence-electron chi connectivity index (χ0n) is 19.3. The zero-order valence-corrected chi connectivity index (χ0v) is 19.3. The molecule has 0 saturated heterocycles. The summed E-state index contributed by atoms with van der Waals surface area (Å²) in [6, 6.07) is 2.59. The standard InChI is InChI=1S/C23H31F3N2O4/c1-7-8-11-28-13-18(21(2,3)4)32-20(28)27-19(29)16-12-15(23(24,25)26)9-10-17(16)31-14-22(5,6)30/h9-10,12-13,30H,7-8,11,14H2,1-6H3. The Bertz CT molecular complexity index is 1010. The fourth-order valence-corrected chi connectivity index (χ4v) is 2.70. The predicted molar refractivity (Wildman–Crippen MR) is 113 cm³/mol. The Kier molecular flexibility index (Phi) is 7.65. The number of benzene rings is 1. The van der Waals surface area contributed by atoms with Gasteiger partial charge in [-0.3, -0.25) is 9.36 Å². The second-order valence-electron chi connectivity index (χ2n) is 9.40. The maximum atomic E-state index is 13.3. The number of hydrogen-bond donors (Lipinski definition) is 1. The van der Waals surface area contributed by atoms with Crippen molar-refractivity contribution < 1.29 is 32.2 Å². The number of nitrogens with zero attached hydrogens (tertiary/aromatic N) is 2. The van der Waals surface area contributed by atoms with Crippen molar-refractivity contribution in [3.8, 4) is 5.75 Å². The van der Waals surface area contributed by atoms with Crippen LogP contribution in [0.4, 0.5) is 13.2 Å². The number of oxazole rings is 1. The summed E-state index contributed by atoms with van der Waals surface area (Å²) < 4.78 is 52.7. The number of unbranched alkanes of at least 4 members (excludes halogenated alkanes) is 1. The number of amides is 1. The fraction of sp³-hybridized carbons (Fsp3) is 0.565. The van der Waals surface area contributed by atoms with Gasteiger partial charge in [0.25, 0.3) is 5.91 Å². The van der Waals surface area contributed by atoms with E-state index in [2.05, 4.69) is 4.99 Å². The van der Waals surface area contributed by atoms with Crippen molar-refractivity contribution in [3.63, 3.8) is 0 Å². The number of carbonyl (C=O) groups is 1. The molecule has 0 aliphatic rings. The Labute approximate surface area is 185 Å². The third-order valence-corrected chi connectivity index (χ3v) is 4.53. The molecule has 0 fully saturated rings. The molecule has 0 bridgehead atoms. The number of hydrogen-bond acceptors (Lipinski definition) is 4. The van der Waals surface area contributed by atoms with Crippen molar-refractivity contribution in [3.05, 3.63) is 47.0 Å². The maximum Gasteiger partial charge on any atom is 0.416 e. The minimum atomic E-state index is -4.64. The lowest BCUT2D eigenvalue weighted by Crippen LogP contribution is -2.28. The Morgan fingerprint density at radius 2 is 1.84 bits per heavy atom. The van der Waals surface area contributed by atoms with E-state index >= 15 is 0 Å². The molecule has 0 aliphatic carbocycles. The monoisotopic (exact) mass is 456 g/mol. The first kappa shape index (κ1) is 25.7. The lowest BCUT2D eigenvalue weighted by molar-refractivity contribution is -0.137. The first-order valence-electron chi connectivity index (χ1n) is 10.5. The highest BCUT2D eigenvalue weighted by Gasteiger charge is 2.32. The van der Waals surface area contributed by atoms with Crippen LogP contribution in [0.5, 0.6) is 5.75 Å². The molecular weight excluding hydrogens is 425 g/mol. The average Bonchev–Trinajstić information content (AvgIpc) is 3.06. The summed E-state index contributed by atoms with van der Waals surface area (Å²) in [4.78, 5) is 17.0. The minimum absolute atomic E-state index is 0.0132.